The minimum absolute atomic E-state index is 0.134. The van der Waals surface area contributed by atoms with Crippen LogP contribution < -0.4 is 0 Å². The number of nitrogens with one attached hydrogen (secondary N) is 1. The van der Waals surface area contributed by atoms with Gasteiger partial charge in [-0.2, -0.15) is 10.4 Å². The van der Waals surface area contributed by atoms with Gasteiger partial charge in [0.15, 0.2) is 0 Å². The van der Waals surface area contributed by atoms with Crippen molar-refractivity contribution in [1.82, 2.24) is 15.1 Å². The van der Waals surface area contributed by atoms with Gasteiger partial charge in [-0.3, -0.25) is 5.10 Å². The molecule has 5 heteroatoms. The molecule has 2 aliphatic rings. The van der Waals surface area contributed by atoms with Crippen LogP contribution in [0.25, 0.3) is 11.3 Å². The lowest BCUT2D eigenvalue weighted by Crippen LogP contribution is -2.43. The van der Waals surface area contributed by atoms with Gasteiger partial charge in [0.1, 0.15) is 5.83 Å². The number of rotatable bonds is 6. The van der Waals surface area contributed by atoms with Crippen LogP contribution in [0.4, 0.5) is 4.39 Å². The number of benzene rings is 2. The van der Waals surface area contributed by atoms with Gasteiger partial charge in [-0.15, -0.1) is 0 Å². The second kappa shape index (κ2) is 10.2. The molecule has 1 fully saturated rings. The summed E-state index contributed by atoms with van der Waals surface area (Å²) in [6.45, 7) is 3.05. The van der Waals surface area contributed by atoms with E-state index < -0.39 is 0 Å². The van der Waals surface area contributed by atoms with Crippen LogP contribution in [0.1, 0.15) is 35.6 Å². The zero-order chi connectivity index (χ0) is 23.3. The maximum absolute atomic E-state index is 13.7. The molecule has 34 heavy (non-hydrogen) atoms. The minimum atomic E-state index is -0.134. The smallest absolute Gasteiger partial charge is 0.118 e. The number of H-pyrrole nitrogens is 1. The molecule has 4 nitrogen and oxygen atoms in total. The average Bonchev–Trinajstić information content (AvgIpc) is 3.39. The number of aromatic amines is 1. The van der Waals surface area contributed by atoms with Crippen molar-refractivity contribution in [3.05, 3.63) is 102 Å². The number of likely N-dealkylation sites (tertiary alicyclic amines) is 1. The van der Waals surface area contributed by atoms with Gasteiger partial charge in [0.2, 0.25) is 0 Å². The fourth-order valence-electron chi connectivity index (χ4n) is 5.36. The summed E-state index contributed by atoms with van der Waals surface area (Å²) < 4.78 is 13.7. The molecule has 1 aromatic heterocycles. The van der Waals surface area contributed by atoms with Crippen LogP contribution in [0, 0.1) is 23.2 Å². The van der Waals surface area contributed by atoms with Gasteiger partial charge < -0.3 is 4.90 Å². The van der Waals surface area contributed by atoms with E-state index in [4.69, 9.17) is 0 Å². The van der Waals surface area contributed by atoms with E-state index in [9.17, 15) is 9.65 Å². The molecule has 0 spiro atoms. The van der Waals surface area contributed by atoms with Crippen LogP contribution in [0.2, 0.25) is 0 Å². The molecule has 2 heterocycles. The summed E-state index contributed by atoms with van der Waals surface area (Å²) in [5.74, 6) is 0.880. The van der Waals surface area contributed by atoms with E-state index in [-0.39, 0.29) is 5.83 Å². The Bertz CT molecular complexity index is 1220. The molecule has 1 saturated heterocycles. The Labute approximate surface area is 200 Å². The molecule has 1 N–H and O–H groups in total. The second-order valence-corrected chi connectivity index (χ2v) is 9.34. The summed E-state index contributed by atoms with van der Waals surface area (Å²) in [4.78, 5) is 2.56. The van der Waals surface area contributed by atoms with Crippen LogP contribution in [0.3, 0.4) is 0 Å². The first-order valence-electron chi connectivity index (χ1n) is 12.1. The van der Waals surface area contributed by atoms with Crippen molar-refractivity contribution in [3.63, 3.8) is 0 Å². The molecule has 172 valence electrons. The highest BCUT2D eigenvalue weighted by atomic mass is 19.1. The Balaban J connectivity index is 1.35. The second-order valence-electron chi connectivity index (χ2n) is 9.34. The van der Waals surface area contributed by atoms with Gasteiger partial charge >= 0.3 is 0 Å². The number of aromatic nitrogens is 2. The van der Waals surface area contributed by atoms with Crippen LogP contribution in [-0.4, -0.2) is 34.7 Å². The monoisotopic (exact) mass is 452 g/mol. The predicted octanol–water partition coefficient (Wildman–Crippen LogP) is 6.03. The summed E-state index contributed by atoms with van der Waals surface area (Å²) in [5.41, 5.74) is 4.94. The Morgan fingerprint density at radius 3 is 2.79 bits per heavy atom. The maximum Gasteiger partial charge on any atom is 0.118 e. The Hall–Kier alpha value is -3.49. The average molecular weight is 453 g/mol. The topological polar surface area (TPSA) is 55.7 Å². The summed E-state index contributed by atoms with van der Waals surface area (Å²) in [7, 11) is 0. The highest BCUT2D eigenvalue weighted by molar-refractivity contribution is 5.61. The van der Waals surface area contributed by atoms with Crippen molar-refractivity contribution in [2.45, 2.75) is 25.2 Å². The summed E-state index contributed by atoms with van der Waals surface area (Å²) in [5, 5.41) is 17.1. The third-order valence-corrected chi connectivity index (χ3v) is 7.22. The van der Waals surface area contributed by atoms with Gasteiger partial charge in [-0.1, -0.05) is 48.5 Å². The highest BCUT2D eigenvalue weighted by Gasteiger charge is 2.36. The van der Waals surface area contributed by atoms with Gasteiger partial charge in [-0.05, 0) is 73.6 Å². The fraction of sp³-hybridized carbons (Fsp3) is 0.310. The standard InChI is InChI=1S/C29H29FN4/c30-25-11-9-23(10-12-25)27-20-34(15-13-21-5-2-1-3-6-21)16-14-26(27)29-18-28(32-33-29)24-8-4-7-22(17-24)19-31/h1-9,11-12,17-18,23,26-27H,10,13-16,20H2,(H,32,33). The zero-order valence-corrected chi connectivity index (χ0v) is 19.2. The molecule has 3 atom stereocenters. The lowest BCUT2D eigenvalue weighted by atomic mass is 9.73. The molecular formula is C29H29FN4. The number of piperidine rings is 1. The van der Waals surface area contributed by atoms with Gasteiger partial charge in [0.05, 0.1) is 17.3 Å². The van der Waals surface area contributed by atoms with Crippen molar-refractivity contribution in [2.75, 3.05) is 19.6 Å². The van der Waals surface area contributed by atoms with Crippen molar-refractivity contribution >= 4 is 0 Å². The number of hydrogen-bond acceptors (Lipinski definition) is 3. The van der Waals surface area contributed by atoms with E-state index in [2.05, 4.69) is 63.6 Å². The van der Waals surface area contributed by atoms with E-state index in [0.717, 1.165) is 55.8 Å². The first kappa shape index (κ1) is 22.3. The molecule has 1 aliphatic heterocycles. The first-order valence-corrected chi connectivity index (χ1v) is 12.1. The maximum atomic E-state index is 13.7. The van der Waals surface area contributed by atoms with Gasteiger partial charge in [0, 0.05) is 30.3 Å². The van der Waals surface area contributed by atoms with E-state index in [0.29, 0.717) is 23.3 Å². The van der Waals surface area contributed by atoms with E-state index >= 15 is 0 Å². The normalized spacial score (nSPS) is 22.8. The van der Waals surface area contributed by atoms with Crippen LogP contribution in [0.5, 0.6) is 0 Å². The molecule has 3 unspecified atom stereocenters. The molecule has 0 amide bonds. The number of hydrogen-bond donors (Lipinski definition) is 1. The van der Waals surface area contributed by atoms with Gasteiger partial charge in [-0.25, -0.2) is 4.39 Å². The molecular weight excluding hydrogens is 423 g/mol. The third-order valence-electron chi connectivity index (χ3n) is 7.22. The summed E-state index contributed by atoms with van der Waals surface area (Å²) in [6, 6.07) is 22.5. The number of halogens is 1. The zero-order valence-electron chi connectivity index (χ0n) is 19.2. The lowest BCUT2D eigenvalue weighted by Gasteiger charge is -2.41. The highest BCUT2D eigenvalue weighted by Crippen LogP contribution is 2.41. The Kier molecular flexibility index (Phi) is 6.69. The van der Waals surface area contributed by atoms with Crippen LogP contribution in [-0.2, 0) is 6.42 Å². The molecule has 0 bridgehead atoms. The van der Waals surface area contributed by atoms with E-state index in [1.165, 1.54) is 5.56 Å². The third kappa shape index (κ3) is 5.03. The van der Waals surface area contributed by atoms with E-state index in [1.807, 2.05) is 18.2 Å². The van der Waals surface area contributed by atoms with Gasteiger partial charge in [0.25, 0.3) is 0 Å². The lowest BCUT2D eigenvalue weighted by molar-refractivity contribution is 0.126. The predicted molar refractivity (Wildman–Crippen MR) is 133 cm³/mol. The molecule has 3 aromatic rings. The van der Waals surface area contributed by atoms with Crippen molar-refractivity contribution in [1.29, 1.82) is 5.26 Å². The SMILES string of the molecule is N#Cc1cccc(-c2cc(C3CCN(CCc4ccccc4)CC3C3C=CC(F)=CC3)[nH]n2)c1. The first-order chi connectivity index (χ1) is 16.7. The number of nitriles is 1. The van der Waals surface area contributed by atoms with Crippen LogP contribution in [0.15, 0.2) is 84.7 Å². The molecule has 0 saturated carbocycles. The summed E-state index contributed by atoms with van der Waals surface area (Å²) in [6.07, 6.45) is 8.21. The largest absolute Gasteiger partial charge is 0.303 e. The molecule has 0 radical (unpaired) electrons. The Morgan fingerprint density at radius 2 is 2.00 bits per heavy atom. The van der Waals surface area contributed by atoms with E-state index in [1.54, 1.807) is 18.2 Å². The Morgan fingerprint density at radius 1 is 1.12 bits per heavy atom. The molecule has 2 aromatic carbocycles. The fourth-order valence-corrected chi connectivity index (χ4v) is 5.36. The summed E-state index contributed by atoms with van der Waals surface area (Å²) >= 11 is 0. The van der Waals surface area contributed by atoms with Crippen molar-refractivity contribution < 1.29 is 4.39 Å². The number of allylic oxidation sites excluding steroid dienone is 4. The molecule has 5 rings (SSSR count). The molecule has 1 aliphatic carbocycles. The van der Waals surface area contributed by atoms with Crippen LogP contribution >= 0.6 is 0 Å². The number of nitrogens with zero attached hydrogens (tertiary/aromatic N) is 3. The minimum Gasteiger partial charge on any atom is -0.303 e. The quantitative estimate of drug-likeness (QED) is 0.497. The van der Waals surface area contributed by atoms with Crippen molar-refractivity contribution in [2.24, 2.45) is 11.8 Å². The van der Waals surface area contributed by atoms with Crippen molar-refractivity contribution in [3.8, 4) is 17.3 Å².